The summed E-state index contributed by atoms with van der Waals surface area (Å²) in [6.07, 6.45) is 5.44. The van der Waals surface area contributed by atoms with Gasteiger partial charge in [0.05, 0.1) is 6.61 Å². The van der Waals surface area contributed by atoms with Gasteiger partial charge in [-0.15, -0.1) is 0 Å². The van der Waals surface area contributed by atoms with Gasteiger partial charge in [-0.05, 0) is 19.8 Å². The zero-order valence-corrected chi connectivity index (χ0v) is 9.96. The van der Waals surface area contributed by atoms with Crippen LogP contribution in [0.25, 0.3) is 0 Å². The van der Waals surface area contributed by atoms with Crippen molar-refractivity contribution in [3.63, 3.8) is 0 Å². The molecule has 0 aliphatic heterocycles. The monoisotopic (exact) mass is 227 g/mol. The fourth-order valence-electron chi connectivity index (χ4n) is 1.26. The Hall–Kier alpha value is -1.32. The Morgan fingerprint density at radius 2 is 1.94 bits per heavy atom. The summed E-state index contributed by atoms with van der Waals surface area (Å²) in [4.78, 5) is 21.7. The molecule has 0 unspecified atom stereocenters. The van der Waals surface area contributed by atoms with Crippen molar-refractivity contribution < 1.29 is 14.3 Å². The molecule has 0 aromatic carbocycles. The van der Waals surface area contributed by atoms with Gasteiger partial charge in [-0.1, -0.05) is 19.4 Å². The van der Waals surface area contributed by atoms with E-state index in [1.54, 1.807) is 0 Å². The number of amides is 1. The molecule has 0 aliphatic rings. The van der Waals surface area contributed by atoms with Crippen LogP contribution in [0.1, 0.15) is 39.0 Å². The molecule has 0 heterocycles. The molecular weight excluding hydrogens is 206 g/mol. The SMILES string of the molecule is C=CC(=O)OCCCCCCC(=O)NCC. The van der Waals surface area contributed by atoms with E-state index < -0.39 is 0 Å². The largest absolute Gasteiger partial charge is 0.463 e. The molecule has 0 spiro atoms. The first kappa shape index (κ1) is 14.7. The lowest BCUT2D eigenvalue weighted by Crippen LogP contribution is -2.21. The van der Waals surface area contributed by atoms with Gasteiger partial charge in [-0.3, -0.25) is 4.79 Å². The molecule has 0 saturated heterocycles. The van der Waals surface area contributed by atoms with E-state index in [1.165, 1.54) is 0 Å². The van der Waals surface area contributed by atoms with Gasteiger partial charge in [-0.25, -0.2) is 4.79 Å². The van der Waals surface area contributed by atoms with Crippen LogP contribution in [0.5, 0.6) is 0 Å². The minimum atomic E-state index is -0.373. The lowest BCUT2D eigenvalue weighted by atomic mass is 10.1. The highest BCUT2D eigenvalue weighted by molar-refractivity contribution is 5.81. The molecule has 0 aromatic heterocycles. The van der Waals surface area contributed by atoms with Crippen molar-refractivity contribution in [2.24, 2.45) is 0 Å². The fraction of sp³-hybridized carbons (Fsp3) is 0.667. The lowest BCUT2D eigenvalue weighted by molar-refractivity contribution is -0.137. The zero-order valence-electron chi connectivity index (χ0n) is 9.96. The topological polar surface area (TPSA) is 55.4 Å². The van der Waals surface area contributed by atoms with Crippen molar-refractivity contribution in [3.05, 3.63) is 12.7 Å². The number of nitrogens with one attached hydrogen (secondary N) is 1. The number of hydrogen-bond donors (Lipinski definition) is 1. The molecule has 0 saturated carbocycles. The van der Waals surface area contributed by atoms with Gasteiger partial charge in [0.25, 0.3) is 0 Å². The lowest BCUT2D eigenvalue weighted by Gasteiger charge is -2.03. The maximum Gasteiger partial charge on any atom is 0.330 e. The van der Waals surface area contributed by atoms with Crippen LogP contribution >= 0.6 is 0 Å². The number of ether oxygens (including phenoxy) is 1. The van der Waals surface area contributed by atoms with E-state index >= 15 is 0 Å². The molecule has 4 heteroatoms. The van der Waals surface area contributed by atoms with Crippen molar-refractivity contribution in [1.82, 2.24) is 5.32 Å². The van der Waals surface area contributed by atoms with Gasteiger partial charge >= 0.3 is 5.97 Å². The minimum Gasteiger partial charge on any atom is -0.463 e. The van der Waals surface area contributed by atoms with Gasteiger partial charge < -0.3 is 10.1 Å². The summed E-state index contributed by atoms with van der Waals surface area (Å²) in [5.74, 6) is -0.261. The highest BCUT2D eigenvalue weighted by Gasteiger charge is 1.99. The van der Waals surface area contributed by atoms with Crippen LogP contribution in [0, 0.1) is 0 Å². The predicted octanol–water partition coefficient (Wildman–Crippen LogP) is 1.80. The third-order valence-electron chi connectivity index (χ3n) is 2.08. The molecule has 1 N–H and O–H groups in total. The highest BCUT2D eigenvalue weighted by atomic mass is 16.5. The van der Waals surface area contributed by atoms with E-state index in [4.69, 9.17) is 4.74 Å². The van der Waals surface area contributed by atoms with Crippen molar-refractivity contribution in [3.8, 4) is 0 Å². The van der Waals surface area contributed by atoms with Gasteiger partial charge in [0, 0.05) is 19.0 Å². The summed E-state index contributed by atoms with van der Waals surface area (Å²) in [6.45, 7) is 6.34. The maximum absolute atomic E-state index is 11.1. The van der Waals surface area contributed by atoms with Crippen molar-refractivity contribution >= 4 is 11.9 Å². The van der Waals surface area contributed by atoms with Crippen LogP contribution in [0.15, 0.2) is 12.7 Å². The first-order chi connectivity index (χ1) is 7.70. The van der Waals surface area contributed by atoms with E-state index in [1.807, 2.05) is 6.92 Å². The van der Waals surface area contributed by atoms with Crippen LogP contribution in [0.3, 0.4) is 0 Å². The second-order valence-corrected chi connectivity index (χ2v) is 3.49. The van der Waals surface area contributed by atoms with E-state index in [-0.39, 0.29) is 11.9 Å². The van der Waals surface area contributed by atoms with Crippen LogP contribution in [-0.2, 0) is 14.3 Å². The minimum absolute atomic E-state index is 0.112. The molecule has 1 amide bonds. The third kappa shape index (κ3) is 9.24. The first-order valence-corrected chi connectivity index (χ1v) is 5.76. The Balaban J connectivity index is 3.18. The van der Waals surface area contributed by atoms with Gasteiger partial charge in [0.15, 0.2) is 0 Å². The Morgan fingerprint density at radius 1 is 1.25 bits per heavy atom. The maximum atomic E-state index is 11.1. The summed E-state index contributed by atoms with van der Waals surface area (Å²) >= 11 is 0. The molecule has 0 aromatic rings. The second-order valence-electron chi connectivity index (χ2n) is 3.49. The molecule has 0 rings (SSSR count). The highest BCUT2D eigenvalue weighted by Crippen LogP contribution is 2.03. The molecule has 4 nitrogen and oxygen atoms in total. The molecular formula is C12H21NO3. The number of carbonyl (C=O) groups excluding carboxylic acids is 2. The Labute approximate surface area is 97.1 Å². The van der Waals surface area contributed by atoms with E-state index in [0.717, 1.165) is 31.8 Å². The van der Waals surface area contributed by atoms with E-state index in [2.05, 4.69) is 11.9 Å². The van der Waals surface area contributed by atoms with E-state index in [0.29, 0.717) is 19.6 Å². The van der Waals surface area contributed by atoms with E-state index in [9.17, 15) is 9.59 Å². The summed E-state index contributed by atoms with van der Waals surface area (Å²) in [5, 5.41) is 2.75. The Kier molecular flexibility index (Phi) is 9.36. The average Bonchev–Trinajstić information content (AvgIpc) is 2.27. The summed E-state index contributed by atoms with van der Waals surface area (Å²) in [5.41, 5.74) is 0. The summed E-state index contributed by atoms with van der Waals surface area (Å²) < 4.78 is 4.82. The number of hydrogen-bond acceptors (Lipinski definition) is 3. The Bertz CT molecular complexity index is 226. The van der Waals surface area contributed by atoms with Crippen LogP contribution in [0.4, 0.5) is 0 Å². The van der Waals surface area contributed by atoms with Gasteiger partial charge in [0.1, 0.15) is 0 Å². The standard InChI is InChI=1S/C12H21NO3/c1-3-12(15)16-10-8-6-5-7-9-11(14)13-4-2/h3H,1,4-10H2,2H3,(H,13,14). The third-order valence-corrected chi connectivity index (χ3v) is 2.08. The zero-order chi connectivity index (χ0) is 12.2. The number of unbranched alkanes of at least 4 members (excludes halogenated alkanes) is 3. The van der Waals surface area contributed by atoms with Crippen molar-refractivity contribution in [2.75, 3.05) is 13.2 Å². The second kappa shape index (κ2) is 10.2. The van der Waals surface area contributed by atoms with Crippen LogP contribution in [-0.4, -0.2) is 25.0 Å². The van der Waals surface area contributed by atoms with Gasteiger partial charge in [0.2, 0.25) is 5.91 Å². The molecule has 92 valence electrons. The summed E-state index contributed by atoms with van der Waals surface area (Å²) in [7, 11) is 0. The van der Waals surface area contributed by atoms with Gasteiger partial charge in [-0.2, -0.15) is 0 Å². The first-order valence-electron chi connectivity index (χ1n) is 5.76. The number of rotatable bonds is 9. The molecule has 0 radical (unpaired) electrons. The quantitative estimate of drug-likeness (QED) is 0.371. The summed E-state index contributed by atoms with van der Waals surface area (Å²) in [6, 6.07) is 0. The van der Waals surface area contributed by atoms with Crippen molar-refractivity contribution in [1.29, 1.82) is 0 Å². The molecule has 16 heavy (non-hydrogen) atoms. The molecule has 0 aliphatic carbocycles. The molecule has 0 bridgehead atoms. The van der Waals surface area contributed by atoms with Crippen LogP contribution in [0.2, 0.25) is 0 Å². The smallest absolute Gasteiger partial charge is 0.330 e. The number of carbonyl (C=O) groups is 2. The predicted molar refractivity (Wildman–Crippen MR) is 62.9 cm³/mol. The van der Waals surface area contributed by atoms with Crippen molar-refractivity contribution in [2.45, 2.75) is 39.0 Å². The molecule has 0 atom stereocenters. The fourth-order valence-corrected chi connectivity index (χ4v) is 1.26. The molecule has 0 fully saturated rings. The average molecular weight is 227 g/mol. The Morgan fingerprint density at radius 3 is 2.56 bits per heavy atom. The normalized spacial score (nSPS) is 9.56. The number of esters is 1. The van der Waals surface area contributed by atoms with Crippen LogP contribution < -0.4 is 5.32 Å².